The predicted molar refractivity (Wildman–Crippen MR) is 129 cm³/mol. The monoisotopic (exact) mass is 427 g/mol. The molecule has 2 unspecified atom stereocenters. The first-order valence-corrected chi connectivity index (χ1v) is 12.8. The van der Waals surface area contributed by atoms with Gasteiger partial charge in [0.05, 0.1) is 0 Å². The lowest BCUT2D eigenvalue weighted by molar-refractivity contribution is -0.165. The van der Waals surface area contributed by atoms with Crippen molar-refractivity contribution in [3.63, 3.8) is 0 Å². The zero-order valence-corrected chi connectivity index (χ0v) is 20.9. The zero-order valence-electron chi connectivity index (χ0n) is 20.9. The van der Waals surface area contributed by atoms with Crippen LogP contribution in [0.2, 0.25) is 0 Å². The molecule has 0 rings (SSSR count). The van der Waals surface area contributed by atoms with E-state index in [-0.39, 0.29) is 18.5 Å². The standard InChI is InChI=1S/C26H53NO3/c1-6-8-10-12-13-14-16-18-21-26(27,24(29)30-25(3,4)5)23(20-22-28)19-17-15-11-9-7-2/h23,28H,6-22,27H2,1-5H3. The van der Waals surface area contributed by atoms with E-state index >= 15 is 0 Å². The minimum absolute atomic E-state index is 0.0245. The van der Waals surface area contributed by atoms with E-state index < -0.39 is 11.1 Å². The van der Waals surface area contributed by atoms with Crippen LogP contribution in [0.1, 0.15) is 137 Å². The van der Waals surface area contributed by atoms with Crippen molar-refractivity contribution >= 4 is 5.97 Å². The van der Waals surface area contributed by atoms with E-state index in [0.717, 1.165) is 32.1 Å². The Hall–Kier alpha value is -0.610. The third kappa shape index (κ3) is 13.6. The summed E-state index contributed by atoms with van der Waals surface area (Å²) >= 11 is 0. The van der Waals surface area contributed by atoms with Crippen LogP contribution in [-0.4, -0.2) is 28.8 Å². The molecule has 0 spiro atoms. The summed E-state index contributed by atoms with van der Waals surface area (Å²) in [7, 11) is 0. The summed E-state index contributed by atoms with van der Waals surface area (Å²) < 4.78 is 5.75. The van der Waals surface area contributed by atoms with Gasteiger partial charge in [-0.1, -0.05) is 97.3 Å². The van der Waals surface area contributed by atoms with E-state index in [2.05, 4.69) is 13.8 Å². The van der Waals surface area contributed by atoms with Gasteiger partial charge in [0.2, 0.25) is 0 Å². The normalized spacial score (nSPS) is 15.0. The fourth-order valence-corrected chi connectivity index (χ4v) is 4.21. The molecule has 0 aromatic rings. The van der Waals surface area contributed by atoms with Crippen LogP contribution < -0.4 is 5.73 Å². The van der Waals surface area contributed by atoms with Crippen molar-refractivity contribution in [2.24, 2.45) is 11.7 Å². The Balaban J connectivity index is 4.90. The zero-order chi connectivity index (χ0) is 22.9. The highest BCUT2D eigenvalue weighted by Crippen LogP contribution is 2.32. The van der Waals surface area contributed by atoms with E-state index in [4.69, 9.17) is 10.5 Å². The van der Waals surface area contributed by atoms with E-state index in [0.29, 0.717) is 12.8 Å². The van der Waals surface area contributed by atoms with Crippen molar-refractivity contribution < 1.29 is 14.6 Å². The molecule has 30 heavy (non-hydrogen) atoms. The number of rotatable bonds is 19. The Bertz CT molecular complexity index is 419. The molecule has 0 aliphatic heterocycles. The molecule has 0 fully saturated rings. The molecule has 4 heteroatoms. The van der Waals surface area contributed by atoms with E-state index in [9.17, 15) is 9.90 Å². The summed E-state index contributed by atoms with van der Waals surface area (Å²) in [6, 6.07) is 0. The first-order chi connectivity index (χ1) is 14.2. The maximum absolute atomic E-state index is 13.1. The number of nitrogens with two attached hydrogens (primary N) is 1. The minimum Gasteiger partial charge on any atom is -0.459 e. The summed E-state index contributed by atoms with van der Waals surface area (Å²) in [6.45, 7) is 10.2. The van der Waals surface area contributed by atoms with E-state index in [1.807, 2.05) is 20.8 Å². The molecule has 0 amide bonds. The number of esters is 1. The molecule has 2 atom stereocenters. The van der Waals surface area contributed by atoms with Crippen molar-refractivity contribution in [1.29, 1.82) is 0 Å². The quantitative estimate of drug-likeness (QED) is 0.173. The van der Waals surface area contributed by atoms with Gasteiger partial charge >= 0.3 is 5.97 Å². The Labute approximate surface area is 187 Å². The van der Waals surface area contributed by atoms with Crippen molar-refractivity contribution in [2.75, 3.05) is 6.61 Å². The van der Waals surface area contributed by atoms with Gasteiger partial charge in [0.25, 0.3) is 0 Å². The summed E-state index contributed by atoms with van der Waals surface area (Å²) in [6.07, 6.45) is 17.8. The van der Waals surface area contributed by atoms with Crippen LogP contribution in [-0.2, 0) is 9.53 Å². The molecule has 0 saturated heterocycles. The maximum atomic E-state index is 13.1. The van der Waals surface area contributed by atoms with Crippen LogP contribution in [0.5, 0.6) is 0 Å². The highest BCUT2D eigenvalue weighted by atomic mass is 16.6. The van der Waals surface area contributed by atoms with Crippen molar-refractivity contribution in [2.45, 2.75) is 148 Å². The van der Waals surface area contributed by atoms with Gasteiger partial charge in [-0.3, -0.25) is 4.79 Å². The van der Waals surface area contributed by atoms with Gasteiger partial charge in [-0.2, -0.15) is 0 Å². The van der Waals surface area contributed by atoms with Gasteiger partial charge in [-0.05, 0) is 46.0 Å². The molecular weight excluding hydrogens is 374 g/mol. The first kappa shape index (κ1) is 29.4. The molecule has 0 bridgehead atoms. The predicted octanol–water partition coefficient (Wildman–Crippen LogP) is 6.92. The maximum Gasteiger partial charge on any atom is 0.326 e. The topological polar surface area (TPSA) is 72.6 Å². The molecule has 0 aromatic heterocycles. The summed E-state index contributed by atoms with van der Waals surface area (Å²) in [5.74, 6) is -0.312. The van der Waals surface area contributed by atoms with Gasteiger partial charge in [-0.25, -0.2) is 0 Å². The third-order valence-corrected chi connectivity index (χ3v) is 6.09. The molecule has 0 saturated carbocycles. The second-order valence-corrected chi connectivity index (χ2v) is 10.2. The number of ether oxygens (including phenoxy) is 1. The molecule has 0 heterocycles. The van der Waals surface area contributed by atoms with Crippen LogP contribution in [0.3, 0.4) is 0 Å². The second-order valence-electron chi connectivity index (χ2n) is 10.2. The SMILES string of the molecule is CCCCCCCCCCC(N)(C(=O)OC(C)(C)C)C(CCO)CCCCCCC. The van der Waals surface area contributed by atoms with Gasteiger partial charge in [0.1, 0.15) is 11.1 Å². The van der Waals surface area contributed by atoms with Gasteiger partial charge in [0, 0.05) is 6.61 Å². The highest BCUT2D eigenvalue weighted by Gasteiger charge is 2.43. The van der Waals surface area contributed by atoms with Crippen molar-refractivity contribution in [3.05, 3.63) is 0 Å². The molecular formula is C26H53NO3. The van der Waals surface area contributed by atoms with E-state index in [1.54, 1.807) is 0 Å². The van der Waals surface area contributed by atoms with Gasteiger partial charge in [-0.15, -0.1) is 0 Å². The van der Waals surface area contributed by atoms with Gasteiger partial charge < -0.3 is 15.6 Å². The fraction of sp³-hybridized carbons (Fsp3) is 0.962. The van der Waals surface area contributed by atoms with Crippen molar-refractivity contribution in [3.8, 4) is 0 Å². The number of aliphatic hydroxyl groups is 1. The Kier molecular flexibility index (Phi) is 16.7. The van der Waals surface area contributed by atoms with Crippen LogP contribution in [0.4, 0.5) is 0 Å². The van der Waals surface area contributed by atoms with Crippen molar-refractivity contribution in [1.82, 2.24) is 0 Å². The number of hydrogen-bond acceptors (Lipinski definition) is 4. The lowest BCUT2D eigenvalue weighted by atomic mass is 9.75. The molecule has 3 N–H and O–H groups in total. The van der Waals surface area contributed by atoms with Crippen LogP contribution in [0.15, 0.2) is 0 Å². The smallest absolute Gasteiger partial charge is 0.326 e. The van der Waals surface area contributed by atoms with E-state index in [1.165, 1.54) is 57.8 Å². The largest absolute Gasteiger partial charge is 0.459 e. The summed E-state index contributed by atoms with van der Waals surface area (Å²) in [4.78, 5) is 13.1. The molecule has 0 radical (unpaired) electrons. The lowest BCUT2D eigenvalue weighted by Gasteiger charge is -2.37. The van der Waals surface area contributed by atoms with Crippen LogP contribution in [0.25, 0.3) is 0 Å². The van der Waals surface area contributed by atoms with Crippen LogP contribution in [0, 0.1) is 5.92 Å². The Morgan fingerprint density at radius 2 is 1.27 bits per heavy atom. The number of unbranched alkanes of at least 4 members (excludes halogenated alkanes) is 11. The lowest BCUT2D eigenvalue weighted by Crippen LogP contribution is -2.56. The average Bonchev–Trinajstić information content (AvgIpc) is 2.67. The second kappa shape index (κ2) is 17.0. The Morgan fingerprint density at radius 3 is 1.73 bits per heavy atom. The number of hydrogen-bond donors (Lipinski definition) is 2. The third-order valence-electron chi connectivity index (χ3n) is 6.09. The molecule has 0 aliphatic carbocycles. The number of aliphatic hydroxyl groups excluding tert-OH is 1. The molecule has 180 valence electrons. The number of carbonyl (C=O) groups is 1. The summed E-state index contributed by atoms with van der Waals surface area (Å²) in [5, 5.41) is 9.66. The average molecular weight is 428 g/mol. The first-order valence-electron chi connectivity index (χ1n) is 12.8. The molecule has 4 nitrogen and oxygen atoms in total. The van der Waals surface area contributed by atoms with Crippen LogP contribution >= 0.6 is 0 Å². The fourth-order valence-electron chi connectivity index (χ4n) is 4.21. The molecule has 0 aliphatic rings. The minimum atomic E-state index is -0.997. The summed E-state index contributed by atoms with van der Waals surface area (Å²) in [5.41, 5.74) is 5.27. The highest BCUT2D eigenvalue weighted by molar-refractivity contribution is 5.81. The molecule has 0 aromatic carbocycles. The Morgan fingerprint density at radius 1 is 0.800 bits per heavy atom. The van der Waals surface area contributed by atoms with Gasteiger partial charge in [0.15, 0.2) is 0 Å². The number of carbonyl (C=O) groups excluding carboxylic acids is 1.